The van der Waals surface area contributed by atoms with Crippen molar-refractivity contribution in [2.45, 2.75) is 32.4 Å². The van der Waals surface area contributed by atoms with Gasteiger partial charge in [0.2, 0.25) is 0 Å². The third kappa shape index (κ3) is 7.53. The third-order valence-electron chi connectivity index (χ3n) is 2.10. The number of carboxylic acids is 1. The quantitative estimate of drug-likeness (QED) is 0.358. The van der Waals surface area contributed by atoms with Crippen LogP contribution in [-0.4, -0.2) is 54.0 Å². The molecule has 7 nitrogen and oxygen atoms in total. The van der Waals surface area contributed by atoms with Crippen LogP contribution in [0, 0.1) is 0 Å². The number of aliphatic hydroxyl groups excluding tert-OH is 1. The van der Waals surface area contributed by atoms with Gasteiger partial charge in [0.05, 0.1) is 6.10 Å². The van der Waals surface area contributed by atoms with Crippen molar-refractivity contribution in [3.05, 3.63) is 0 Å². The molecule has 0 saturated heterocycles. The second-order valence-electron chi connectivity index (χ2n) is 3.66. The minimum absolute atomic E-state index is 0.449. The highest BCUT2D eigenvalue weighted by Gasteiger charge is 2.24. The van der Waals surface area contributed by atoms with Crippen LogP contribution in [-0.2, 0) is 4.79 Å². The van der Waals surface area contributed by atoms with Crippen LogP contribution in [0.1, 0.15) is 20.3 Å². The summed E-state index contributed by atoms with van der Waals surface area (Å²) in [5.41, 5.74) is 0. The third-order valence-corrected chi connectivity index (χ3v) is 2.10. The average molecular weight is 247 g/mol. The highest BCUT2D eigenvalue weighted by atomic mass is 16.4. The van der Waals surface area contributed by atoms with Crippen molar-refractivity contribution in [3.63, 3.8) is 0 Å². The molecule has 2 atom stereocenters. The summed E-state index contributed by atoms with van der Waals surface area (Å²) in [6, 6.07) is -1.88. The molecular formula is C10H21N3O4. The van der Waals surface area contributed by atoms with Crippen LogP contribution in [0.25, 0.3) is 0 Å². The Morgan fingerprint density at radius 2 is 1.94 bits per heavy atom. The van der Waals surface area contributed by atoms with Crippen LogP contribution in [0.4, 0.5) is 4.79 Å². The first-order valence-corrected chi connectivity index (χ1v) is 5.65. The van der Waals surface area contributed by atoms with Crippen LogP contribution in [0.3, 0.4) is 0 Å². The predicted octanol–water partition coefficient (Wildman–Crippen LogP) is -0.881. The Labute approximate surface area is 101 Å². The van der Waals surface area contributed by atoms with Crippen molar-refractivity contribution < 1.29 is 19.8 Å². The largest absolute Gasteiger partial charge is 0.480 e. The monoisotopic (exact) mass is 247 g/mol. The number of nitrogens with one attached hydrogen (secondary N) is 3. The van der Waals surface area contributed by atoms with Gasteiger partial charge in [-0.15, -0.1) is 0 Å². The molecule has 0 heterocycles. The SMILES string of the molecule is CCNCCCNC(=O)NC(C(=O)O)C(C)O. The van der Waals surface area contributed by atoms with Gasteiger partial charge in [-0.25, -0.2) is 9.59 Å². The fourth-order valence-corrected chi connectivity index (χ4v) is 1.17. The number of amides is 2. The molecule has 0 saturated carbocycles. The molecule has 0 aromatic rings. The van der Waals surface area contributed by atoms with Gasteiger partial charge in [0.15, 0.2) is 6.04 Å². The van der Waals surface area contributed by atoms with Gasteiger partial charge in [0, 0.05) is 6.54 Å². The van der Waals surface area contributed by atoms with E-state index in [9.17, 15) is 9.59 Å². The average Bonchev–Trinajstić information content (AvgIpc) is 2.24. The molecular weight excluding hydrogens is 226 g/mol. The summed E-state index contributed by atoms with van der Waals surface area (Å²) in [6.45, 7) is 5.40. The molecule has 0 bridgehead atoms. The van der Waals surface area contributed by atoms with Crippen LogP contribution < -0.4 is 16.0 Å². The Hall–Kier alpha value is -1.34. The standard InChI is InChI=1S/C10H21N3O4/c1-3-11-5-4-6-12-10(17)13-8(7(2)14)9(15)16/h7-8,11,14H,3-6H2,1-2H3,(H,15,16)(H2,12,13,17). The van der Waals surface area contributed by atoms with E-state index in [1.165, 1.54) is 6.92 Å². The minimum atomic E-state index is -1.29. The van der Waals surface area contributed by atoms with E-state index in [4.69, 9.17) is 10.2 Å². The Morgan fingerprint density at radius 3 is 2.41 bits per heavy atom. The van der Waals surface area contributed by atoms with Crippen LogP contribution in [0.5, 0.6) is 0 Å². The first-order chi connectivity index (χ1) is 7.99. The number of hydrogen-bond acceptors (Lipinski definition) is 4. The molecule has 0 aromatic carbocycles. The van der Waals surface area contributed by atoms with Gasteiger partial charge in [-0.05, 0) is 26.4 Å². The molecule has 0 aromatic heterocycles. The van der Waals surface area contributed by atoms with Crippen molar-refractivity contribution in [1.29, 1.82) is 0 Å². The number of rotatable bonds is 8. The summed E-state index contributed by atoms with van der Waals surface area (Å²) in [7, 11) is 0. The van der Waals surface area contributed by atoms with E-state index in [0.29, 0.717) is 6.54 Å². The van der Waals surface area contributed by atoms with E-state index in [-0.39, 0.29) is 0 Å². The summed E-state index contributed by atoms with van der Waals surface area (Å²) in [5.74, 6) is -1.26. The van der Waals surface area contributed by atoms with E-state index in [1.54, 1.807) is 0 Å². The number of aliphatic hydroxyl groups is 1. The van der Waals surface area contributed by atoms with Crippen molar-refractivity contribution in [1.82, 2.24) is 16.0 Å². The molecule has 0 rings (SSSR count). The normalized spacial score (nSPS) is 13.8. The zero-order chi connectivity index (χ0) is 13.3. The summed E-state index contributed by atoms with van der Waals surface area (Å²) < 4.78 is 0. The van der Waals surface area contributed by atoms with Crippen LogP contribution >= 0.6 is 0 Å². The van der Waals surface area contributed by atoms with Crippen molar-refractivity contribution in [2.75, 3.05) is 19.6 Å². The molecule has 5 N–H and O–H groups in total. The molecule has 0 spiro atoms. The summed E-state index contributed by atoms with van der Waals surface area (Å²) in [6.07, 6.45) is -0.381. The topological polar surface area (TPSA) is 111 Å². The highest BCUT2D eigenvalue weighted by Crippen LogP contribution is 1.92. The zero-order valence-corrected chi connectivity index (χ0v) is 10.2. The second-order valence-corrected chi connectivity index (χ2v) is 3.66. The molecule has 0 radical (unpaired) electrons. The number of aliphatic carboxylic acids is 1. The van der Waals surface area contributed by atoms with Crippen molar-refractivity contribution in [2.24, 2.45) is 0 Å². The lowest BCUT2D eigenvalue weighted by Crippen LogP contribution is -2.51. The van der Waals surface area contributed by atoms with Crippen molar-refractivity contribution in [3.8, 4) is 0 Å². The fourth-order valence-electron chi connectivity index (χ4n) is 1.17. The maximum absolute atomic E-state index is 11.3. The van der Waals surface area contributed by atoms with Gasteiger partial charge in [-0.3, -0.25) is 0 Å². The number of urea groups is 1. The Morgan fingerprint density at radius 1 is 1.29 bits per heavy atom. The van der Waals surface area contributed by atoms with Gasteiger partial charge < -0.3 is 26.2 Å². The smallest absolute Gasteiger partial charge is 0.328 e. The van der Waals surface area contributed by atoms with E-state index in [1.807, 2.05) is 6.92 Å². The summed E-state index contributed by atoms with van der Waals surface area (Å²) >= 11 is 0. The van der Waals surface area contributed by atoms with E-state index < -0.39 is 24.1 Å². The van der Waals surface area contributed by atoms with Crippen molar-refractivity contribution >= 4 is 12.0 Å². The maximum atomic E-state index is 11.3. The number of carbonyl (C=O) groups excluding carboxylic acids is 1. The van der Waals surface area contributed by atoms with E-state index in [2.05, 4.69) is 16.0 Å². The lowest BCUT2D eigenvalue weighted by molar-refractivity contribution is -0.141. The highest BCUT2D eigenvalue weighted by molar-refractivity contribution is 5.82. The van der Waals surface area contributed by atoms with Gasteiger partial charge in [-0.1, -0.05) is 6.92 Å². The number of hydrogen-bond donors (Lipinski definition) is 5. The zero-order valence-electron chi connectivity index (χ0n) is 10.2. The lowest BCUT2D eigenvalue weighted by Gasteiger charge is -2.17. The van der Waals surface area contributed by atoms with Gasteiger partial charge >= 0.3 is 12.0 Å². The summed E-state index contributed by atoms with van der Waals surface area (Å²) in [4.78, 5) is 22.0. The number of carbonyl (C=O) groups is 2. The van der Waals surface area contributed by atoms with Gasteiger partial charge in [-0.2, -0.15) is 0 Å². The Bertz CT molecular complexity index is 246. The lowest BCUT2D eigenvalue weighted by atomic mass is 10.2. The molecule has 2 unspecified atom stereocenters. The van der Waals surface area contributed by atoms with E-state index >= 15 is 0 Å². The maximum Gasteiger partial charge on any atom is 0.328 e. The van der Waals surface area contributed by atoms with Gasteiger partial charge in [0.1, 0.15) is 0 Å². The molecule has 0 aliphatic rings. The Balaban J connectivity index is 3.80. The first kappa shape index (κ1) is 15.7. The molecule has 17 heavy (non-hydrogen) atoms. The molecule has 0 fully saturated rings. The van der Waals surface area contributed by atoms with Crippen LogP contribution in [0.15, 0.2) is 0 Å². The molecule has 0 aliphatic carbocycles. The van der Waals surface area contributed by atoms with E-state index in [0.717, 1.165) is 19.5 Å². The predicted molar refractivity (Wildman–Crippen MR) is 62.8 cm³/mol. The molecule has 100 valence electrons. The molecule has 2 amide bonds. The second kappa shape index (κ2) is 8.77. The minimum Gasteiger partial charge on any atom is -0.480 e. The first-order valence-electron chi connectivity index (χ1n) is 5.65. The van der Waals surface area contributed by atoms with Crippen LogP contribution in [0.2, 0.25) is 0 Å². The van der Waals surface area contributed by atoms with Gasteiger partial charge in [0.25, 0.3) is 0 Å². The molecule has 7 heteroatoms. The molecule has 0 aliphatic heterocycles. The fraction of sp³-hybridized carbons (Fsp3) is 0.800. The Kier molecular flexibility index (Phi) is 8.08. The number of carboxylic acid groups (broad SMARTS) is 1. The summed E-state index contributed by atoms with van der Waals surface area (Å²) in [5, 5.41) is 25.7.